The Hall–Kier alpha value is -1.31. The lowest BCUT2D eigenvalue weighted by molar-refractivity contribution is -0.145. The number of rotatable bonds is 2. The molecule has 0 bridgehead atoms. The zero-order valence-corrected chi connectivity index (χ0v) is 11.8. The quantitative estimate of drug-likeness (QED) is 0.841. The van der Waals surface area contributed by atoms with Crippen molar-refractivity contribution in [3.8, 4) is 0 Å². The van der Waals surface area contributed by atoms with E-state index in [0.29, 0.717) is 22.4 Å². The zero-order valence-electron chi connectivity index (χ0n) is 10.9. The summed E-state index contributed by atoms with van der Waals surface area (Å²) in [4.78, 5) is 24.4. The minimum Gasteiger partial charge on any atom is -0.338 e. The maximum Gasteiger partial charge on any atom is 0.432 e. The van der Waals surface area contributed by atoms with Crippen LogP contribution in [0.25, 0.3) is 0 Å². The number of amides is 1. The van der Waals surface area contributed by atoms with Gasteiger partial charge in [0.2, 0.25) is 5.91 Å². The molecular formula is C12H15F3N2O2S. The third-order valence-corrected chi connectivity index (χ3v) is 4.25. The topological polar surface area (TPSA) is 42.3 Å². The van der Waals surface area contributed by atoms with Gasteiger partial charge < -0.3 is 4.90 Å². The van der Waals surface area contributed by atoms with Crippen molar-refractivity contribution in [3.63, 3.8) is 0 Å². The number of aromatic nitrogens is 1. The molecule has 1 saturated heterocycles. The first-order chi connectivity index (χ1) is 9.30. The number of piperidine rings is 1. The maximum absolute atomic E-state index is 12.8. The van der Waals surface area contributed by atoms with Gasteiger partial charge in [-0.2, -0.15) is 13.2 Å². The lowest BCUT2D eigenvalue weighted by Crippen LogP contribution is -2.44. The molecule has 20 heavy (non-hydrogen) atoms. The molecule has 1 aromatic heterocycles. The predicted octanol–water partition coefficient (Wildman–Crippen LogP) is 2.33. The monoisotopic (exact) mass is 308 g/mol. The van der Waals surface area contributed by atoms with Gasteiger partial charge in [-0.05, 0) is 26.2 Å². The van der Waals surface area contributed by atoms with Crippen LogP contribution in [0.1, 0.15) is 31.9 Å². The molecule has 2 rings (SSSR count). The van der Waals surface area contributed by atoms with Gasteiger partial charge in [0, 0.05) is 18.0 Å². The van der Waals surface area contributed by atoms with E-state index >= 15 is 0 Å². The SMILES string of the molecule is C[C@@H]1CCCCN1C(=O)Cn1c(C(F)(F)F)csc1=O. The highest BCUT2D eigenvalue weighted by molar-refractivity contribution is 7.07. The summed E-state index contributed by atoms with van der Waals surface area (Å²) in [7, 11) is 0. The normalized spacial score (nSPS) is 20.2. The summed E-state index contributed by atoms with van der Waals surface area (Å²) in [5.74, 6) is -0.428. The molecule has 4 nitrogen and oxygen atoms in total. The van der Waals surface area contributed by atoms with Crippen molar-refractivity contribution in [2.75, 3.05) is 6.54 Å². The minimum atomic E-state index is -4.62. The van der Waals surface area contributed by atoms with Crippen LogP contribution in [0.2, 0.25) is 0 Å². The Balaban J connectivity index is 2.20. The molecule has 2 heterocycles. The Kier molecular flexibility index (Phi) is 4.22. The number of likely N-dealkylation sites (tertiary alicyclic amines) is 1. The molecule has 0 spiro atoms. The summed E-state index contributed by atoms with van der Waals surface area (Å²) in [6.07, 6.45) is -1.92. The molecule has 1 amide bonds. The van der Waals surface area contributed by atoms with E-state index in [9.17, 15) is 22.8 Å². The van der Waals surface area contributed by atoms with Crippen LogP contribution in [0.4, 0.5) is 13.2 Å². The van der Waals surface area contributed by atoms with Gasteiger partial charge in [-0.1, -0.05) is 11.3 Å². The molecule has 8 heteroatoms. The fraction of sp³-hybridized carbons (Fsp3) is 0.667. The van der Waals surface area contributed by atoms with Crippen LogP contribution in [-0.4, -0.2) is 28.0 Å². The highest BCUT2D eigenvalue weighted by atomic mass is 32.1. The van der Waals surface area contributed by atoms with E-state index in [1.54, 1.807) is 4.90 Å². The van der Waals surface area contributed by atoms with Crippen LogP contribution in [-0.2, 0) is 17.5 Å². The second-order valence-corrected chi connectivity index (χ2v) is 5.72. The van der Waals surface area contributed by atoms with E-state index in [4.69, 9.17) is 0 Å². The maximum atomic E-state index is 12.8. The Bertz CT molecular complexity index is 550. The van der Waals surface area contributed by atoms with E-state index < -0.39 is 29.2 Å². The van der Waals surface area contributed by atoms with Gasteiger partial charge in [-0.15, -0.1) is 0 Å². The molecule has 0 radical (unpaired) electrons. The van der Waals surface area contributed by atoms with Crippen molar-refractivity contribution in [3.05, 3.63) is 20.7 Å². The number of hydrogen-bond acceptors (Lipinski definition) is 3. The number of nitrogens with zero attached hydrogens (tertiary/aromatic N) is 2. The standard InChI is InChI=1S/C12H15F3N2O2S/c1-8-4-2-3-5-16(8)10(18)6-17-9(12(13,14)15)7-20-11(17)19/h7-8H,2-6H2,1H3/t8-/m1/s1. The van der Waals surface area contributed by atoms with Crippen molar-refractivity contribution in [2.45, 2.75) is 44.9 Å². The fourth-order valence-electron chi connectivity index (χ4n) is 2.40. The summed E-state index contributed by atoms with van der Waals surface area (Å²) >= 11 is 0.464. The molecule has 1 aromatic rings. The summed E-state index contributed by atoms with van der Waals surface area (Å²) < 4.78 is 38.8. The lowest BCUT2D eigenvalue weighted by Gasteiger charge is -2.33. The highest BCUT2D eigenvalue weighted by Gasteiger charge is 2.36. The van der Waals surface area contributed by atoms with Crippen LogP contribution >= 0.6 is 11.3 Å². The molecule has 1 atom stereocenters. The fourth-order valence-corrected chi connectivity index (χ4v) is 3.16. The van der Waals surface area contributed by atoms with Crippen LogP contribution in [0.5, 0.6) is 0 Å². The van der Waals surface area contributed by atoms with Crippen LogP contribution in [0.3, 0.4) is 0 Å². The van der Waals surface area contributed by atoms with Crippen molar-refractivity contribution in [1.82, 2.24) is 9.47 Å². The molecule has 0 unspecified atom stereocenters. The molecule has 0 aromatic carbocycles. The van der Waals surface area contributed by atoms with Gasteiger partial charge in [-0.25, -0.2) is 0 Å². The van der Waals surface area contributed by atoms with E-state index in [-0.39, 0.29) is 6.04 Å². The summed E-state index contributed by atoms with van der Waals surface area (Å²) in [5, 5.41) is 0.759. The van der Waals surface area contributed by atoms with Crippen molar-refractivity contribution >= 4 is 17.2 Å². The van der Waals surface area contributed by atoms with Crippen molar-refractivity contribution in [1.29, 1.82) is 0 Å². The molecule has 112 valence electrons. The number of halogens is 3. The first kappa shape index (κ1) is 15.1. The van der Waals surface area contributed by atoms with E-state index in [0.717, 1.165) is 24.6 Å². The largest absolute Gasteiger partial charge is 0.432 e. The summed E-state index contributed by atoms with van der Waals surface area (Å²) in [6.45, 7) is 1.87. The van der Waals surface area contributed by atoms with Gasteiger partial charge in [0.05, 0.1) is 0 Å². The summed E-state index contributed by atoms with van der Waals surface area (Å²) in [6, 6.07) is 0.0138. The number of carbonyl (C=O) groups is 1. The van der Waals surface area contributed by atoms with Crippen molar-refractivity contribution in [2.24, 2.45) is 0 Å². The van der Waals surface area contributed by atoms with Gasteiger partial charge in [0.25, 0.3) is 0 Å². The van der Waals surface area contributed by atoms with Crippen LogP contribution in [0.15, 0.2) is 10.2 Å². The van der Waals surface area contributed by atoms with E-state index in [2.05, 4.69) is 0 Å². The molecule has 0 saturated carbocycles. The van der Waals surface area contributed by atoms with Crippen molar-refractivity contribution < 1.29 is 18.0 Å². The number of thiazole rings is 1. The minimum absolute atomic E-state index is 0.0138. The smallest absolute Gasteiger partial charge is 0.338 e. The van der Waals surface area contributed by atoms with Gasteiger partial charge in [0.15, 0.2) is 0 Å². The first-order valence-electron chi connectivity index (χ1n) is 6.35. The van der Waals surface area contributed by atoms with Gasteiger partial charge in [0.1, 0.15) is 12.2 Å². The third kappa shape index (κ3) is 3.05. The first-order valence-corrected chi connectivity index (χ1v) is 7.23. The van der Waals surface area contributed by atoms with Crippen LogP contribution < -0.4 is 4.87 Å². The number of carbonyl (C=O) groups excluding carboxylic acids is 1. The molecular weight excluding hydrogens is 293 g/mol. The third-order valence-electron chi connectivity index (χ3n) is 3.49. The molecule has 1 aliphatic heterocycles. The highest BCUT2D eigenvalue weighted by Crippen LogP contribution is 2.29. The summed E-state index contributed by atoms with van der Waals surface area (Å²) in [5.41, 5.74) is -1.05. The van der Waals surface area contributed by atoms with Gasteiger partial charge >= 0.3 is 11.0 Å². The number of hydrogen-bond donors (Lipinski definition) is 0. The Morgan fingerprint density at radius 3 is 2.75 bits per heavy atom. The Morgan fingerprint density at radius 1 is 1.45 bits per heavy atom. The predicted molar refractivity (Wildman–Crippen MR) is 68.6 cm³/mol. The average Bonchev–Trinajstić information content (AvgIpc) is 2.71. The second-order valence-electron chi connectivity index (χ2n) is 4.90. The Labute approximate surface area is 117 Å². The Morgan fingerprint density at radius 2 is 2.15 bits per heavy atom. The van der Waals surface area contributed by atoms with E-state index in [1.165, 1.54) is 0 Å². The molecule has 1 fully saturated rings. The number of alkyl halides is 3. The molecule has 1 aliphatic rings. The van der Waals surface area contributed by atoms with Crippen LogP contribution in [0, 0.1) is 0 Å². The average molecular weight is 308 g/mol. The second kappa shape index (κ2) is 5.59. The molecule has 0 N–H and O–H groups in total. The molecule has 0 aliphatic carbocycles. The van der Waals surface area contributed by atoms with Gasteiger partial charge in [-0.3, -0.25) is 14.2 Å². The zero-order chi connectivity index (χ0) is 14.9. The van der Waals surface area contributed by atoms with E-state index in [1.807, 2.05) is 6.92 Å². The lowest BCUT2D eigenvalue weighted by atomic mass is 10.0.